The molecule has 1 heterocycles. The maximum atomic E-state index is 13.0. The minimum absolute atomic E-state index is 0.0886. The van der Waals surface area contributed by atoms with E-state index in [-0.39, 0.29) is 5.78 Å². The standard InChI is InChI=1S/C13H9F2NO/c1-8(17)10-3-5-13(16-7-10)9-2-4-11(14)12(15)6-9/h2-7H,1H3. The van der Waals surface area contributed by atoms with Crippen molar-refractivity contribution in [1.82, 2.24) is 4.98 Å². The highest BCUT2D eigenvalue weighted by Crippen LogP contribution is 2.19. The predicted molar refractivity (Wildman–Crippen MR) is 59.6 cm³/mol. The van der Waals surface area contributed by atoms with E-state index < -0.39 is 11.6 Å². The minimum atomic E-state index is -0.917. The second-order valence-corrected chi connectivity index (χ2v) is 3.62. The summed E-state index contributed by atoms with van der Waals surface area (Å²) in [6.07, 6.45) is 1.42. The molecule has 0 radical (unpaired) electrons. The van der Waals surface area contributed by atoms with Crippen molar-refractivity contribution in [3.05, 3.63) is 53.7 Å². The number of nitrogens with zero attached hydrogens (tertiary/aromatic N) is 1. The van der Waals surface area contributed by atoms with Gasteiger partial charge < -0.3 is 0 Å². The first-order chi connectivity index (χ1) is 8.08. The molecular formula is C13H9F2NO. The number of ketones is 1. The number of hydrogen-bond donors (Lipinski definition) is 0. The first-order valence-electron chi connectivity index (χ1n) is 5.00. The Balaban J connectivity index is 2.39. The third-order valence-corrected chi connectivity index (χ3v) is 2.39. The molecule has 0 spiro atoms. The highest BCUT2D eigenvalue weighted by molar-refractivity contribution is 5.93. The molecule has 0 amide bonds. The van der Waals surface area contributed by atoms with E-state index in [1.807, 2.05) is 0 Å². The lowest BCUT2D eigenvalue weighted by molar-refractivity contribution is 0.101. The Morgan fingerprint density at radius 3 is 2.41 bits per heavy atom. The molecule has 0 saturated carbocycles. The van der Waals surface area contributed by atoms with Crippen LogP contribution >= 0.6 is 0 Å². The largest absolute Gasteiger partial charge is 0.294 e. The summed E-state index contributed by atoms with van der Waals surface area (Å²) in [4.78, 5) is 15.1. The normalized spacial score (nSPS) is 10.3. The van der Waals surface area contributed by atoms with Crippen molar-refractivity contribution >= 4 is 5.78 Å². The molecule has 0 bridgehead atoms. The van der Waals surface area contributed by atoms with E-state index in [0.29, 0.717) is 16.8 Å². The van der Waals surface area contributed by atoms with Crippen LogP contribution in [0.2, 0.25) is 0 Å². The average Bonchev–Trinajstić information content (AvgIpc) is 2.33. The summed E-state index contributed by atoms with van der Waals surface area (Å²) in [7, 11) is 0. The molecule has 0 aliphatic carbocycles. The summed E-state index contributed by atoms with van der Waals surface area (Å²) in [5, 5.41) is 0. The Morgan fingerprint density at radius 2 is 1.88 bits per heavy atom. The van der Waals surface area contributed by atoms with Gasteiger partial charge in [-0.2, -0.15) is 0 Å². The summed E-state index contributed by atoms with van der Waals surface area (Å²) in [6.45, 7) is 1.44. The number of hydrogen-bond acceptors (Lipinski definition) is 2. The van der Waals surface area contributed by atoms with E-state index in [4.69, 9.17) is 0 Å². The van der Waals surface area contributed by atoms with Crippen molar-refractivity contribution in [2.24, 2.45) is 0 Å². The number of aromatic nitrogens is 1. The van der Waals surface area contributed by atoms with Crippen LogP contribution in [-0.2, 0) is 0 Å². The second kappa shape index (κ2) is 4.41. The van der Waals surface area contributed by atoms with Crippen LogP contribution < -0.4 is 0 Å². The topological polar surface area (TPSA) is 30.0 Å². The van der Waals surface area contributed by atoms with Crippen LogP contribution in [0.4, 0.5) is 8.78 Å². The molecule has 1 aromatic heterocycles. The molecule has 2 aromatic rings. The number of pyridine rings is 1. The van der Waals surface area contributed by atoms with Crippen molar-refractivity contribution in [3.8, 4) is 11.3 Å². The zero-order chi connectivity index (χ0) is 12.4. The van der Waals surface area contributed by atoms with E-state index in [1.165, 1.54) is 19.2 Å². The summed E-state index contributed by atoms with van der Waals surface area (Å²) < 4.78 is 25.8. The van der Waals surface area contributed by atoms with Crippen LogP contribution in [0.25, 0.3) is 11.3 Å². The summed E-state index contributed by atoms with van der Waals surface area (Å²) in [5.41, 5.74) is 1.45. The Labute approximate surface area is 96.9 Å². The summed E-state index contributed by atoms with van der Waals surface area (Å²) in [6, 6.07) is 6.76. The fraction of sp³-hybridized carbons (Fsp3) is 0.0769. The van der Waals surface area contributed by atoms with Crippen molar-refractivity contribution in [1.29, 1.82) is 0 Å². The van der Waals surface area contributed by atoms with Crippen LogP contribution in [-0.4, -0.2) is 10.8 Å². The Bertz CT molecular complexity index is 564. The van der Waals surface area contributed by atoms with Gasteiger partial charge in [-0.3, -0.25) is 9.78 Å². The van der Waals surface area contributed by atoms with Gasteiger partial charge in [-0.25, -0.2) is 8.78 Å². The maximum absolute atomic E-state index is 13.0. The maximum Gasteiger partial charge on any atom is 0.161 e. The van der Waals surface area contributed by atoms with Gasteiger partial charge in [-0.15, -0.1) is 0 Å². The van der Waals surface area contributed by atoms with Crippen molar-refractivity contribution in [3.63, 3.8) is 0 Å². The third-order valence-electron chi connectivity index (χ3n) is 2.39. The molecule has 2 nitrogen and oxygen atoms in total. The molecule has 1 aromatic carbocycles. The van der Waals surface area contributed by atoms with Crippen LogP contribution in [0.15, 0.2) is 36.5 Å². The summed E-state index contributed by atoms with van der Waals surface area (Å²) >= 11 is 0. The van der Waals surface area contributed by atoms with E-state index in [0.717, 1.165) is 12.1 Å². The van der Waals surface area contributed by atoms with Gasteiger partial charge in [0.2, 0.25) is 0 Å². The molecule has 0 N–H and O–H groups in total. The molecular weight excluding hydrogens is 224 g/mol. The third kappa shape index (κ3) is 2.36. The number of carbonyl (C=O) groups excluding carboxylic acids is 1. The van der Waals surface area contributed by atoms with E-state index in [2.05, 4.69) is 4.98 Å². The second-order valence-electron chi connectivity index (χ2n) is 3.62. The van der Waals surface area contributed by atoms with Gasteiger partial charge >= 0.3 is 0 Å². The number of halogens is 2. The van der Waals surface area contributed by atoms with Gasteiger partial charge in [0.05, 0.1) is 5.69 Å². The molecule has 0 atom stereocenters. The minimum Gasteiger partial charge on any atom is -0.294 e. The molecule has 0 unspecified atom stereocenters. The van der Waals surface area contributed by atoms with Gasteiger partial charge in [0.15, 0.2) is 17.4 Å². The van der Waals surface area contributed by atoms with E-state index in [9.17, 15) is 13.6 Å². The smallest absolute Gasteiger partial charge is 0.161 e. The number of carbonyl (C=O) groups is 1. The first kappa shape index (κ1) is 11.4. The quantitative estimate of drug-likeness (QED) is 0.745. The molecule has 0 aliphatic rings. The number of benzene rings is 1. The van der Waals surface area contributed by atoms with Gasteiger partial charge in [-0.1, -0.05) is 0 Å². The Kier molecular flexibility index (Phi) is 2.95. The molecule has 0 saturated heterocycles. The Morgan fingerprint density at radius 1 is 1.12 bits per heavy atom. The highest BCUT2D eigenvalue weighted by atomic mass is 19.2. The number of rotatable bonds is 2. The van der Waals surface area contributed by atoms with E-state index >= 15 is 0 Å². The zero-order valence-corrected chi connectivity index (χ0v) is 9.08. The van der Waals surface area contributed by atoms with E-state index in [1.54, 1.807) is 12.1 Å². The van der Waals surface area contributed by atoms with Gasteiger partial charge in [-0.05, 0) is 37.3 Å². The molecule has 0 fully saturated rings. The van der Waals surface area contributed by atoms with Crippen LogP contribution in [0.5, 0.6) is 0 Å². The van der Waals surface area contributed by atoms with Gasteiger partial charge in [0.25, 0.3) is 0 Å². The summed E-state index contributed by atoms with van der Waals surface area (Å²) in [5.74, 6) is -1.90. The highest BCUT2D eigenvalue weighted by Gasteiger charge is 2.06. The van der Waals surface area contributed by atoms with Crippen LogP contribution in [0.3, 0.4) is 0 Å². The molecule has 86 valence electrons. The lowest BCUT2D eigenvalue weighted by atomic mass is 10.1. The zero-order valence-electron chi connectivity index (χ0n) is 9.08. The lowest BCUT2D eigenvalue weighted by Crippen LogP contribution is -1.94. The van der Waals surface area contributed by atoms with Crippen molar-refractivity contribution < 1.29 is 13.6 Å². The molecule has 4 heteroatoms. The van der Waals surface area contributed by atoms with Crippen LogP contribution in [0.1, 0.15) is 17.3 Å². The molecule has 0 aliphatic heterocycles. The van der Waals surface area contributed by atoms with Gasteiger partial charge in [0, 0.05) is 17.3 Å². The Hall–Kier alpha value is -2.10. The monoisotopic (exact) mass is 233 g/mol. The number of Topliss-reactive ketones (excluding diaryl/α,β-unsaturated/α-hetero) is 1. The SMILES string of the molecule is CC(=O)c1ccc(-c2ccc(F)c(F)c2)nc1. The van der Waals surface area contributed by atoms with Crippen LogP contribution in [0, 0.1) is 11.6 Å². The predicted octanol–water partition coefficient (Wildman–Crippen LogP) is 3.23. The molecule has 2 rings (SSSR count). The average molecular weight is 233 g/mol. The van der Waals surface area contributed by atoms with Gasteiger partial charge in [0.1, 0.15) is 0 Å². The van der Waals surface area contributed by atoms with Crippen molar-refractivity contribution in [2.75, 3.05) is 0 Å². The van der Waals surface area contributed by atoms with Crippen molar-refractivity contribution in [2.45, 2.75) is 6.92 Å². The first-order valence-corrected chi connectivity index (χ1v) is 5.00. The lowest BCUT2D eigenvalue weighted by Gasteiger charge is -2.02. The fourth-order valence-corrected chi connectivity index (χ4v) is 1.43. The fourth-order valence-electron chi connectivity index (χ4n) is 1.43. The molecule has 17 heavy (non-hydrogen) atoms.